The molecule has 1 aromatic rings. The number of ether oxygens (including phenoxy) is 1. The lowest BCUT2D eigenvalue weighted by molar-refractivity contribution is -0.138. The second-order valence-electron chi connectivity index (χ2n) is 6.65. The lowest BCUT2D eigenvalue weighted by atomic mass is 9.72. The summed E-state index contributed by atoms with van der Waals surface area (Å²) in [4.78, 5) is 14.8. The van der Waals surface area contributed by atoms with E-state index < -0.39 is 0 Å². The first-order chi connectivity index (χ1) is 10.6. The van der Waals surface area contributed by atoms with Crippen molar-refractivity contribution in [3.63, 3.8) is 0 Å². The quantitative estimate of drug-likeness (QED) is 0.929. The van der Waals surface area contributed by atoms with Crippen LogP contribution in [0.4, 0.5) is 0 Å². The molecule has 1 spiro atoms. The molecule has 120 valence electrons. The molecule has 1 aliphatic carbocycles. The number of likely N-dealkylation sites (tertiary alicyclic amines) is 1. The molecule has 2 aliphatic rings. The van der Waals surface area contributed by atoms with Crippen molar-refractivity contribution in [3.05, 3.63) is 29.8 Å². The smallest absolute Gasteiger partial charge is 0.228 e. The van der Waals surface area contributed by atoms with Gasteiger partial charge in [-0.05, 0) is 56.2 Å². The highest BCUT2D eigenvalue weighted by atomic mass is 16.5. The number of hydrogen-bond acceptors (Lipinski definition) is 3. The third-order valence-corrected chi connectivity index (χ3v) is 5.34. The minimum atomic E-state index is -0.202. The molecule has 4 nitrogen and oxygen atoms in total. The molecule has 3 rings (SSSR count). The molecule has 1 heterocycles. The van der Waals surface area contributed by atoms with Crippen LogP contribution >= 0.6 is 0 Å². The highest BCUT2D eigenvalue weighted by Gasteiger charge is 2.47. The lowest BCUT2D eigenvalue weighted by Gasteiger charge is -2.33. The van der Waals surface area contributed by atoms with E-state index in [2.05, 4.69) is 12.1 Å². The number of benzene rings is 1. The number of rotatable bonds is 4. The summed E-state index contributed by atoms with van der Waals surface area (Å²) in [5, 5.41) is 9.66. The molecular formula is C18H25NO3. The SMILES string of the molecule is COc1ccc(CCN2CCC3(CCC(O)CC3)C2=O)cc1. The largest absolute Gasteiger partial charge is 0.497 e. The standard InChI is InChI=1S/C18H25NO3/c1-22-16-4-2-14(3-5-16)8-12-19-13-11-18(17(19)21)9-6-15(20)7-10-18/h2-5,15,20H,6-13H2,1H3. The van der Waals surface area contributed by atoms with Gasteiger partial charge in [0.15, 0.2) is 0 Å². The van der Waals surface area contributed by atoms with Gasteiger partial charge in [-0.1, -0.05) is 12.1 Å². The maximum atomic E-state index is 12.7. The van der Waals surface area contributed by atoms with Crippen LogP contribution in [0.15, 0.2) is 24.3 Å². The summed E-state index contributed by atoms with van der Waals surface area (Å²) < 4.78 is 5.16. The van der Waals surface area contributed by atoms with Crippen LogP contribution in [0.2, 0.25) is 0 Å². The van der Waals surface area contributed by atoms with Crippen LogP contribution in [0.3, 0.4) is 0 Å². The van der Waals surface area contributed by atoms with Gasteiger partial charge in [0.1, 0.15) is 5.75 Å². The molecule has 22 heavy (non-hydrogen) atoms. The van der Waals surface area contributed by atoms with Gasteiger partial charge < -0.3 is 14.7 Å². The first-order valence-electron chi connectivity index (χ1n) is 8.23. The van der Waals surface area contributed by atoms with Gasteiger partial charge in [-0.3, -0.25) is 4.79 Å². The summed E-state index contributed by atoms with van der Waals surface area (Å²) in [5.41, 5.74) is 1.06. The number of carbonyl (C=O) groups is 1. The second-order valence-corrected chi connectivity index (χ2v) is 6.65. The molecule has 0 atom stereocenters. The van der Waals surface area contributed by atoms with Crippen LogP contribution in [-0.2, 0) is 11.2 Å². The van der Waals surface area contributed by atoms with Crippen LogP contribution in [0.25, 0.3) is 0 Å². The zero-order valence-corrected chi connectivity index (χ0v) is 13.3. The van der Waals surface area contributed by atoms with E-state index in [1.165, 1.54) is 5.56 Å². The first-order valence-corrected chi connectivity index (χ1v) is 8.23. The first kappa shape index (κ1) is 15.3. The molecule has 0 aromatic heterocycles. The summed E-state index contributed by atoms with van der Waals surface area (Å²) in [5.74, 6) is 1.17. The van der Waals surface area contributed by atoms with Crippen molar-refractivity contribution in [2.24, 2.45) is 5.41 Å². The maximum Gasteiger partial charge on any atom is 0.228 e. The van der Waals surface area contributed by atoms with Gasteiger partial charge in [-0.15, -0.1) is 0 Å². The Balaban J connectivity index is 1.56. The summed E-state index contributed by atoms with van der Waals surface area (Å²) in [6.45, 7) is 1.65. The molecule has 0 bridgehead atoms. The molecule has 0 unspecified atom stereocenters. The molecule has 2 fully saturated rings. The normalized spacial score (nSPS) is 28.4. The lowest BCUT2D eigenvalue weighted by Crippen LogP contribution is -2.39. The van der Waals surface area contributed by atoms with E-state index >= 15 is 0 Å². The molecule has 1 N–H and O–H groups in total. The van der Waals surface area contributed by atoms with Gasteiger partial charge in [0.05, 0.1) is 18.6 Å². The number of carbonyl (C=O) groups excluding carboxylic acids is 1. The van der Waals surface area contributed by atoms with Crippen LogP contribution in [0.5, 0.6) is 5.75 Å². The van der Waals surface area contributed by atoms with Gasteiger partial charge in [0, 0.05) is 13.1 Å². The summed E-state index contributed by atoms with van der Waals surface area (Å²) in [7, 11) is 1.67. The fourth-order valence-electron chi connectivity index (χ4n) is 3.78. The van der Waals surface area contributed by atoms with Crippen molar-refractivity contribution in [1.29, 1.82) is 0 Å². The minimum Gasteiger partial charge on any atom is -0.497 e. The van der Waals surface area contributed by atoms with Gasteiger partial charge in [0.2, 0.25) is 5.91 Å². The molecule has 1 aromatic carbocycles. The van der Waals surface area contributed by atoms with E-state index in [4.69, 9.17) is 4.74 Å². The highest BCUT2D eigenvalue weighted by molar-refractivity contribution is 5.85. The van der Waals surface area contributed by atoms with Gasteiger partial charge >= 0.3 is 0 Å². The monoisotopic (exact) mass is 303 g/mol. The Morgan fingerprint density at radius 1 is 1.23 bits per heavy atom. The van der Waals surface area contributed by atoms with E-state index in [9.17, 15) is 9.90 Å². The van der Waals surface area contributed by atoms with Crippen molar-refractivity contribution in [3.8, 4) is 5.75 Å². The van der Waals surface area contributed by atoms with Crippen LogP contribution < -0.4 is 4.74 Å². The van der Waals surface area contributed by atoms with Crippen LogP contribution in [0.1, 0.15) is 37.7 Å². The van der Waals surface area contributed by atoms with Crippen LogP contribution in [-0.4, -0.2) is 42.2 Å². The predicted octanol–water partition coefficient (Wildman–Crippen LogP) is 2.39. The number of aliphatic hydroxyl groups excluding tert-OH is 1. The number of nitrogens with zero attached hydrogens (tertiary/aromatic N) is 1. The van der Waals surface area contributed by atoms with Gasteiger partial charge in [0.25, 0.3) is 0 Å². The molecule has 4 heteroatoms. The van der Waals surface area contributed by atoms with E-state index in [0.29, 0.717) is 5.91 Å². The Morgan fingerprint density at radius 2 is 1.91 bits per heavy atom. The Kier molecular flexibility index (Phi) is 4.39. The fraction of sp³-hybridized carbons (Fsp3) is 0.611. The Morgan fingerprint density at radius 3 is 2.55 bits per heavy atom. The van der Waals surface area contributed by atoms with E-state index in [-0.39, 0.29) is 11.5 Å². The molecule has 1 aliphatic heterocycles. The van der Waals surface area contributed by atoms with Crippen molar-refractivity contribution >= 4 is 5.91 Å². The average Bonchev–Trinajstić information content (AvgIpc) is 2.85. The highest BCUT2D eigenvalue weighted by Crippen LogP contribution is 2.44. The average molecular weight is 303 g/mol. The predicted molar refractivity (Wildman–Crippen MR) is 84.8 cm³/mol. The molecular weight excluding hydrogens is 278 g/mol. The molecule has 1 saturated heterocycles. The Bertz CT molecular complexity index is 518. The van der Waals surface area contributed by atoms with Gasteiger partial charge in [-0.25, -0.2) is 0 Å². The number of methoxy groups -OCH3 is 1. The maximum absolute atomic E-state index is 12.7. The number of hydrogen-bond donors (Lipinski definition) is 1. The fourth-order valence-corrected chi connectivity index (χ4v) is 3.78. The van der Waals surface area contributed by atoms with Crippen LogP contribution in [0, 0.1) is 5.41 Å². The van der Waals surface area contributed by atoms with Crippen molar-refractivity contribution in [2.75, 3.05) is 20.2 Å². The van der Waals surface area contributed by atoms with E-state index in [1.54, 1.807) is 7.11 Å². The Hall–Kier alpha value is -1.55. The Labute approximate surface area is 132 Å². The zero-order chi connectivity index (χ0) is 15.6. The minimum absolute atomic E-state index is 0.168. The molecule has 1 saturated carbocycles. The molecule has 0 radical (unpaired) electrons. The van der Waals surface area contributed by atoms with Crippen molar-refractivity contribution in [1.82, 2.24) is 4.90 Å². The topological polar surface area (TPSA) is 49.8 Å². The van der Waals surface area contributed by atoms with Crippen molar-refractivity contribution in [2.45, 2.75) is 44.6 Å². The molecule has 1 amide bonds. The van der Waals surface area contributed by atoms with Crippen molar-refractivity contribution < 1.29 is 14.6 Å². The number of amides is 1. The summed E-state index contributed by atoms with van der Waals surface area (Å²) >= 11 is 0. The summed E-state index contributed by atoms with van der Waals surface area (Å²) in [6.07, 6.45) is 4.90. The van der Waals surface area contributed by atoms with E-state index in [0.717, 1.165) is 57.4 Å². The van der Waals surface area contributed by atoms with E-state index in [1.807, 2.05) is 17.0 Å². The zero-order valence-electron chi connectivity index (χ0n) is 13.3. The second kappa shape index (κ2) is 6.29. The third kappa shape index (κ3) is 2.98. The van der Waals surface area contributed by atoms with Gasteiger partial charge in [-0.2, -0.15) is 0 Å². The number of aliphatic hydroxyl groups is 1. The summed E-state index contributed by atoms with van der Waals surface area (Å²) in [6, 6.07) is 8.05. The third-order valence-electron chi connectivity index (χ3n) is 5.34.